The predicted octanol–water partition coefficient (Wildman–Crippen LogP) is 1.96. The van der Waals surface area contributed by atoms with E-state index in [1.165, 1.54) is 5.56 Å². The molecule has 1 aromatic carbocycles. The quantitative estimate of drug-likeness (QED) is 0.330. The lowest BCUT2D eigenvalue weighted by Crippen LogP contribution is -2.42. The number of anilines is 1. The molecule has 0 aliphatic heterocycles. The number of rotatable bonds is 4. The fourth-order valence-corrected chi connectivity index (χ4v) is 1.35. The van der Waals surface area contributed by atoms with Crippen molar-refractivity contribution in [2.45, 2.75) is 27.2 Å². The van der Waals surface area contributed by atoms with Gasteiger partial charge in [0.25, 0.3) is 0 Å². The molecule has 1 aromatic rings. The fourth-order valence-electron chi connectivity index (χ4n) is 1.35. The van der Waals surface area contributed by atoms with Gasteiger partial charge in [0.1, 0.15) is 5.41 Å². The maximum absolute atomic E-state index is 12.0. The number of nitrogens with two attached hydrogens (primary N) is 1. The maximum atomic E-state index is 12.0. The molecule has 0 aliphatic carbocycles. The Labute approximate surface area is 107 Å². The molecule has 5 nitrogen and oxygen atoms in total. The van der Waals surface area contributed by atoms with Gasteiger partial charge in [-0.1, -0.05) is 24.2 Å². The summed E-state index contributed by atoms with van der Waals surface area (Å²) in [7, 11) is 0. The van der Waals surface area contributed by atoms with Gasteiger partial charge >= 0.3 is 0 Å². The van der Waals surface area contributed by atoms with Gasteiger partial charge in [0, 0.05) is 5.69 Å². The molecule has 1 rings (SSSR count). The topological polar surface area (TPSA) is 87.7 Å². The molecule has 0 fully saturated rings. The minimum Gasteiger partial charge on any atom is -0.409 e. The maximum Gasteiger partial charge on any atom is 0.237 e. The van der Waals surface area contributed by atoms with Crippen LogP contribution in [0.2, 0.25) is 0 Å². The normalized spacial score (nSPS) is 12.3. The van der Waals surface area contributed by atoms with E-state index in [0.717, 1.165) is 6.42 Å². The molecule has 0 aliphatic rings. The van der Waals surface area contributed by atoms with E-state index in [2.05, 4.69) is 17.4 Å². The molecule has 0 saturated carbocycles. The summed E-state index contributed by atoms with van der Waals surface area (Å²) in [5, 5.41) is 14.3. The van der Waals surface area contributed by atoms with Crippen LogP contribution in [0.5, 0.6) is 0 Å². The van der Waals surface area contributed by atoms with E-state index in [4.69, 9.17) is 10.9 Å². The Kier molecular flexibility index (Phi) is 4.31. The zero-order valence-electron chi connectivity index (χ0n) is 10.9. The third-order valence-electron chi connectivity index (χ3n) is 2.94. The second kappa shape index (κ2) is 5.53. The Balaban J connectivity index is 2.81. The summed E-state index contributed by atoms with van der Waals surface area (Å²) in [6.07, 6.45) is 0.948. The number of amidine groups is 1. The Hall–Kier alpha value is -2.04. The molecule has 0 aromatic heterocycles. The molecule has 0 atom stereocenters. The number of carbonyl (C=O) groups is 1. The van der Waals surface area contributed by atoms with Crippen molar-refractivity contribution < 1.29 is 10.0 Å². The van der Waals surface area contributed by atoms with Gasteiger partial charge < -0.3 is 16.3 Å². The smallest absolute Gasteiger partial charge is 0.237 e. The van der Waals surface area contributed by atoms with Crippen LogP contribution < -0.4 is 11.1 Å². The van der Waals surface area contributed by atoms with Crippen molar-refractivity contribution in [3.05, 3.63) is 29.8 Å². The van der Waals surface area contributed by atoms with Crippen LogP contribution in [0.4, 0.5) is 5.69 Å². The van der Waals surface area contributed by atoms with Gasteiger partial charge in [-0.05, 0) is 38.0 Å². The van der Waals surface area contributed by atoms with Crippen molar-refractivity contribution in [1.29, 1.82) is 0 Å². The van der Waals surface area contributed by atoms with E-state index in [-0.39, 0.29) is 11.7 Å². The Morgan fingerprint density at radius 3 is 2.39 bits per heavy atom. The molecule has 5 heteroatoms. The van der Waals surface area contributed by atoms with Crippen LogP contribution in [-0.2, 0) is 11.2 Å². The first kappa shape index (κ1) is 14.0. The molecule has 0 bridgehead atoms. The second-order valence-corrected chi connectivity index (χ2v) is 4.61. The van der Waals surface area contributed by atoms with Crippen LogP contribution in [0.25, 0.3) is 0 Å². The first-order valence-electron chi connectivity index (χ1n) is 5.80. The minimum absolute atomic E-state index is 0.120. The number of aryl methyl sites for hydroxylation is 1. The zero-order chi connectivity index (χ0) is 13.8. The molecule has 0 spiro atoms. The SMILES string of the molecule is CCc1ccc(NC(=O)C(C)(C)C(N)=NO)cc1. The van der Waals surface area contributed by atoms with Gasteiger partial charge in [0.05, 0.1) is 0 Å². The number of nitrogens with one attached hydrogen (secondary N) is 1. The molecule has 0 saturated heterocycles. The third-order valence-corrected chi connectivity index (χ3v) is 2.94. The number of amides is 1. The third kappa shape index (κ3) is 3.00. The van der Waals surface area contributed by atoms with Crippen LogP contribution >= 0.6 is 0 Å². The Morgan fingerprint density at radius 2 is 1.94 bits per heavy atom. The molecule has 1 amide bonds. The highest BCUT2D eigenvalue weighted by Gasteiger charge is 2.32. The standard InChI is InChI=1S/C13H19N3O2/c1-4-9-5-7-10(8-6-9)15-12(17)13(2,3)11(14)16-18/h5-8,18H,4H2,1-3H3,(H2,14,16)(H,15,17). The zero-order valence-corrected chi connectivity index (χ0v) is 10.9. The molecule has 18 heavy (non-hydrogen) atoms. The Morgan fingerprint density at radius 1 is 1.39 bits per heavy atom. The lowest BCUT2D eigenvalue weighted by Gasteiger charge is -2.21. The van der Waals surface area contributed by atoms with E-state index in [1.807, 2.05) is 24.3 Å². The van der Waals surface area contributed by atoms with Crippen LogP contribution in [0.1, 0.15) is 26.3 Å². The molecule has 0 heterocycles. The van der Waals surface area contributed by atoms with E-state index in [1.54, 1.807) is 13.8 Å². The summed E-state index contributed by atoms with van der Waals surface area (Å²) >= 11 is 0. The molecule has 98 valence electrons. The number of oxime groups is 1. The van der Waals surface area contributed by atoms with E-state index in [9.17, 15) is 4.79 Å². The molecular formula is C13H19N3O2. The summed E-state index contributed by atoms with van der Waals surface area (Å²) in [4.78, 5) is 12.0. The molecule has 0 radical (unpaired) electrons. The van der Waals surface area contributed by atoms with Crippen molar-refractivity contribution >= 4 is 17.4 Å². The van der Waals surface area contributed by atoms with Crippen LogP contribution in [0.3, 0.4) is 0 Å². The Bertz CT molecular complexity index is 450. The number of carbonyl (C=O) groups excluding carboxylic acids is 1. The average molecular weight is 249 g/mol. The summed E-state index contributed by atoms with van der Waals surface area (Å²) < 4.78 is 0. The van der Waals surface area contributed by atoms with Gasteiger partial charge in [-0.3, -0.25) is 4.79 Å². The highest BCUT2D eigenvalue weighted by Crippen LogP contribution is 2.19. The van der Waals surface area contributed by atoms with Gasteiger partial charge in [0.15, 0.2) is 5.84 Å². The van der Waals surface area contributed by atoms with Crippen molar-refractivity contribution in [1.82, 2.24) is 0 Å². The fraction of sp³-hybridized carbons (Fsp3) is 0.385. The van der Waals surface area contributed by atoms with Crippen LogP contribution in [0, 0.1) is 5.41 Å². The molecule has 0 unspecified atom stereocenters. The van der Waals surface area contributed by atoms with Crippen molar-refractivity contribution in [3.63, 3.8) is 0 Å². The van der Waals surface area contributed by atoms with Crippen LogP contribution in [0.15, 0.2) is 29.4 Å². The first-order chi connectivity index (χ1) is 8.41. The lowest BCUT2D eigenvalue weighted by atomic mass is 9.91. The molecule has 4 N–H and O–H groups in total. The van der Waals surface area contributed by atoms with Gasteiger partial charge in [-0.2, -0.15) is 0 Å². The van der Waals surface area contributed by atoms with E-state index >= 15 is 0 Å². The van der Waals surface area contributed by atoms with E-state index < -0.39 is 5.41 Å². The average Bonchev–Trinajstić information content (AvgIpc) is 2.38. The summed E-state index contributed by atoms with van der Waals surface area (Å²) in [6.45, 7) is 5.25. The summed E-state index contributed by atoms with van der Waals surface area (Å²) in [5.74, 6) is -0.438. The van der Waals surface area contributed by atoms with E-state index in [0.29, 0.717) is 5.69 Å². The first-order valence-corrected chi connectivity index (χ1v) is 5.80. The van der Waals surface area contributed by atoms with Crippen molar-refractivity contribution in [2.75, 3.05) is 5.32 Å². The number of benzene rings is 1. The summed E-state index contributed by atoms with van der Waals surface area (Å²) in [5.41, 5.74) is 6.32. The van der Waals surface area contributed by atoms with Gasteiger partial charge in [-0.15, -0.1) is 0 Å². The number of hydrogen-bond donors (Lipinski definition) is 3. The van der Waals surface area contributed by atoms with Gasteiger partial charge in [-0.25, -0.2) is 0 Å². The largest absolute Gasteiger partial charge is 0.409 e. The highest BCUT2D eigenvalue weighted by atomic mass is 16.4. The van der Waals surface area contributed by atoms with Gasteiger partial charge in [0.2, 0.25) is 5.91 Å². The predicted molar refractivity (Wildman–Crippen MR) is 71.6 cm³/mol. The van der Waals surface area contributed by atoms with Crippen molar-refractivity contribution in [2.24, 2.45) is 16.3 Å². The highest BCUT2D eigenvalue weighted by molar-refractivity contribution is 6.11. The number of hydrogen-bond acceptors (Lipinski definition) is 3. The summed E-state index contributed by atoms with van der Waals surface area (Å²) in [6, 6.07) is 7.57. The second-order valence-electron chi connectivity index (χ2n) is 4.61. The lowest BCUT2D eigenvalue weighted by molar-refractivity contribution is -0.121. The van der Waals surface area contributed by atoms with Crippen molar-refractivity contribution in [3.8, 4) is 0 Å². The molecular weight excluding hydrogens is 230 g/mol. The monoisotopic (exact) mass is 249 g/mol. The van der Waals surface area contributed by atoms with Crippen LogP contribution in [-0.4, -0.2) is 17.0 Å². The minimum atomic E-state index is -1.06. The number of nitrogens with zero attached hydrogens (tertiary/aromatic N) is 1.